The van der Waals surface area contributed by atoms with Gasteiger partial charge in [-0.1, -0.05) is 35.5 Å². The molecule has 0 fully saturated rings. The third kappa shape index (κ3) is 4.63. The van der Waals surface area contributed by atoms with E-state index in [9.17, 15) is 4.79 Å². The Morgan fingerprint density at radius 2 is 2.06 bits per heavy atom. The van der Waals surface area contributed by atoms with Crippen molar-refractivity contribution in [1.29, 1.82) is 5.26 Å². The molecule has 0 unspecified atom stereocenters. The average Bonchev–Trinajstić information content (AvgIpc) is 2.41. The summed E-state index contributed by atoms with van der Waals surface area (Å²) in [7, 11) is 1.48. The van der Waals surface area contributed by atoms with E-state index in [0.29, 0.717) is 5.56 Å². The number of hydrogen-bond donors (Lipinski definition) is 0. The van der Waals surface area contributed by atoms with Crippen molar-refractivity contribution in [2.75, 3.05) is 20.3 Å². The Balaban J connectivity index is 2.54. The molecule has 0 atom stereocenters. The Morgan fingerprint density at radius 1 is 1.33 bits per heavy atom. The van der Waals surface area contributed by atoms with Crippen molar-refractivity contribution in [3.63, 3.8) is 0 Å². The number of ether oxygens (including phenoxy) is 2. The SMILES string of the molecule is COCCOC(=O)ON=C(C#N)c1ccccc1. The molecular formula is C12H12N2O4. The lowest BCUT2D eigenvalue weighted by atomic mass is 10.1. The lowest BCUT2D eigenvalue weighted by Gasteiger charge is -2.01. The van der Waals surface area contributed by atoms with Gasteiger partial charge in [0.15, 0.2) is 5.71 Å². The van der Waals surface area contributed by atoms with Gasteiger partial charge >= 0.3 is 6.16 Å². The number of nitriles is 1. The van der Waals surface area contributed by atoms with Gasteiger partial charge in [-0.05, 0) is 0 Å². The standard InChI is InChI=1S/C12H12N2O4/c1-16-7-8-17-12(15)18-14-11(9-13)10-5-3-2-4-6-10/h2-6H,7-8H2,1H3. The predicted octanol–water partition coefficient (Wildman–Crippen LogP) is 1.71. The minimum Gasteiger partial charge on any atom is -0.430 e. The quantitative estimate of drug-likeness (QED) is 0.260. The molecule has 0 amide bonds. The van der Waals surface area contributed by atoms with E-state index < -0.39 is 6.16 Å². The topological polar surface area (TPSA) is 80.9 Å². The maximum atomic E-state index is 11.1. The van der Waals surface area contributed by atoms with Crippen LogP contribution in [0.5, 0.6) is 0 Å². The fourth-order valence-corrected chi connectivity index (χ4v) is 1.05. The average molecular weight is 248 g/mol. The summed E-state index contributed by atoms with van der Waals surface area (Å²) in [6.07, 6.45) is -0.976. The zero-order valence-electron chi connectivity index (χ0n) is 9.83. The number of carbonyl (C=O) groups excluding carboxylic acids is 1. The molecular weight excluding hydrogens is 236 g/mol. The van der Waals surface area contributed by atoms with Gasteiger partial charge in [-0.25, -0.2) is 4.79 Å². The molecule has 0 bridgehead atoms. The summed E-state index contributed by atoms with van der Waals surface area (Å²) in [4.78, 5) is 15.5. The minimum atomic E-state index is -0.976. The smallest absolute Gasteiger partial charge is 0.430 e. The number of rotatable bonds is 5. The zero-order valence-corrected chi connectivity index (χ0v) is 9.83. The van der Waals surface area contributed by atoms with Crippen molar-refractivity contribution in [1.82, 2.24) is 0 Å². The molecule has 0 radical (unpaired) electrons. The summed E-state index contributed by atoms with van der Waals surface area (Å²) in [6.45, 7) is 0.334. The van der Waals surface area contributed by atoms with E-state index in [1.54, 1.807) is 30.3 Å². The second-order valence-electron chi connectivity index (χ2n) is 3.10. The zero-order chi connectivity index (χ0) is 13.2. The highest BCUT2D eigenvalue weighted by Gasteiger charge is 2.06. The highest BCUT2D eigenvalue weighted by atomic mass is 16.8. The van der Waals surface area contributed by atoms with E-state index in [4.69, 9.17) is 5.26 Å². The molecule has 94 valence electrons. The Bertz CT molecular complexity index is 451. The van der Waals surface area contributed by atoms with Gasteiger partial charge in [0.1, 0.15) is 12.7 Å². The van der Waals surface area contributed by atoms with Crippen LogP contribution in [0.15, 0.2) is 35.5 Å². The van der Waals surface area contributed by atoms with Crippen molar-refractivity contribution in [3.05, 3.63) is 35.9 Å². The number of carbonyl (C=O) groups is 1. The molecule has 0 aliphatic rings. The van der Waals surface area contributed by atoms with Gasteiger partial charge in [-0.15, -0.1) is 0 Å². The summed E-state index contributed by atoms with van der Waals surface area (Å²) in [6, 6.07) is 10.5. The lowest BCUT2D eigenvalue weighted by Crippen LogP contribution is -2.10. The van der Waals surface area contributed by atoms with Crippen LogP contribution >= 0.6 is 0 Å². The second-order valence-corrected chi connectivity index (χ2v) is 3.10. The van der Waals surface area contributed by atoms with E-state index >= 15 is 0 Å². The van der Waals surface area contributed by atoms with Crippen LogP contribution in [0.25, 0.3) is 0 Å². The Hall–Kier alpha value is -2.39. The van der Waals surface area contributed by atoms with E-state index in [-0.39, 0.29) is 18.9 Å². The van der Waals surface area contributed by atoms with Gasteiger partial charge in [0.25, 0.3) is 0 Å². The van der Waals surface area contributed by atoms with Crippen molar-refractivity contribution >= 4 is 11.9 Å². The van der Waals surface area contributed by atoms with E-state index in [0.717, 1.165) is 0 Å². The van der Waals surface area contributed by atoms with Crippen LogP contribution in [0.1, 0.15) is 5.56 Å². The van der Waals surface area contributed by atoms with Crippen LogP contribution in [0.3, 0.4) is 0 Å². The number of oxime groups is 1. The van der Waals surface area contributed by atoms with Gasteiger partial charge in [-0.2, -0.15) is 5.26 Å². The number of nitrogens with zero attached hydrogens (tertiary/aromatic N) is 2. The monoisotopic (exact) mass is 248 g/mol. The van der Waals surface area contributed by atoms with Crippen molar-refractivity contribution in [3.8, 4) is 6.07 Å². The fourth-order valence-electron chi connectivity index (χ4n) is 1.05. The third-order valence-corrected chi connectivity index (χ3v) is 1.87. The van der Waals surface area contributed by atoms with Crippen LogP contribution in [-0.2, 0) is 14.3 Å². The van der Waals surface area contributed by atoms with Crippen molar-refractivity contribution in [2.24, 2.45) is 5.16 Å². The summed E-state index contributed by atoms with van der Waals surface area (Å²) in [5.74, 6) is 0. The maximum Gasteiger partial charge on any atom is 0.535 e. The molecule has 0 saturated carbocycles. The molecule has 1 rings (SSSR count). The van der Waals surface area contributed by atoms with Crippen molar-refractivity contribution < 1.29 is 19.1 Å². The predicted molar refractivity (Wildman–Crippen MR) is 62.9 cm³/mol. The minimum absolute atomic E-state index is 0.000656. The van der Waals surface area contributed by atoms with Gasteiger partial charge in [0.05, 0.1) is 6.61 Å². The molecule has 0 heterocycles. The van der Waals surface area contributed by atoms with E-state index in [1.807, 2.05) is 6.07 Å². The summed E-state index contributed by atoms with van der Waals surface area (Å²) < 4.78 is 9.30. The molecule has 0 aliphatic carbocycles. The fraction of sp³-hybridized carbons (Fsp3) is 0.250. The third-order valence-electron chi connectivity index (χ3n) is 1.87. The first-order chi connectivity index (χ1) is 8.77. The first-order valence-electron chi connectivity index (χ1n) is 5.14. The van der Waals surface area contributed by atoms with Crippen LogP contribution in [0.2, 0.25) is 0 Å². The summed E-state index contributed by atoms with van der Waals surface area (Å²) in [5.41, 5.74) is 0.559. The molecule has 0 saturated heterocycles. The highest BCUT2D eigenvalue weighted by Crippen LogP contribution is 2.01. The molecule has 1 aromatic rings. The van der Waals surface area contributed by atoms with Crippen LogP contribution in [-0.4, -0.2) is 32.2 Å². The largest absolute Gasteiger partial charge is 0.535 e. The molecule has 18 heavy (non-hydrogen) atoms. The van der Waals surface area contributed by atoms with Gasteiger partial charge in [-0.3, -0.25) is 4.84 Å². The Morgan fingerprint density at radius 3 is 2.67 bits per heavy atom. The van der Waals surface area contributed by atoms with E-state index in [2.05, 4.69) is 19.5 Å². The maximum absolute atomic E-state index is 11.1. The summed E-state index contributed by atoms with van der Waals surface area (Å²) in [5, 5.41) is 12.3. The molecule has 1 aromatic carbocycles. The second kappa shape index (κ2) is 7.81. The van der Waals surface area contributed by atoms with E-state index in [1.165, 1.54) is 7.11 Å². The van der Waals surface area contributed by atoms with Gasteiger partial charge in [0, 0.05) is 12.7 Å². The van der Waals surface area contributed by atoms with Gasteiger partial charge in [0.2, 0.25) is 0 Å². The Labute approximate surface area is 104 Å². The molecule has 0 N–H and O–H groups in total. The van der Waals surface area contributed by atoms with Crippen LogP contribution < -0.4 is 0 Å². The number of hydrogen-bond acceptors (Lipinski definition) is 6. The molecule has 6 nitrogen and oxygen atoms in total. The number of benzene rings is 1. The Kier molecular flexibility index (Phi) is 5.94. The number of methoxy groups -OCH3 is 1. The first kappa shape index (κ1) is 13.7. The lowest BCUT2D eigenvalue weighted by molar-refractivity contribution is 0.0382. The molecule has 6 heteroatoms. The van der Waals surface area contributed by atoms with Crippen molar-refractivity contribution in [2.45, 2.75) is 0 Å². The molecule has 0 aromatic heterocycles. The highest BCUT2D eigenvalue weighted by molar-refractivity contribution is 6.11. The normalized spacial score (nSPS) is 10.6. The van der Waals surface area contributed by atoms with Crippen LogP contribution in [0, 0.1) is 11.3 Å². The van der Waals surface area contributed by atoms with Gasteiger partial charge < -0.3 is 9.47 Å². The van der Waals surface area contributed by atoms with Crippen LogP contribution in [0.4, 0.5) is 4.79 Å². The first-order valence-corrected chi connectivity index (χ1v) is 5.14. The molecule has 0 aliphatic heterocycles. The summed E-state index contributed by atoms with van der Waals surface area (Å²) >= 11 is 0. The molecule has 0 spiro atoms.